The van der Waals surface area contributed by atoms with Gasteiger partial charge in [0.05, 0.1) is 5.92 Å². The fraction of sp³-hybridized carbons (Fsp3) is 0.895. The van der Waals surface area contributed by atoms with Crippen LogP contribution in [0, 0.1) is 11.3 Å². The maximum absolute atomic E-state index is 12.8. The van der Waals surface area contributed by atoms with Crippen molar-refractivity contribution in [1.82, 2.24) is 20.4 Å². The minimum atomic E-state index is -4.08. The van der Waals surface area contributed by atoms with Gasteiger partial charge in [0.25, 0.3) is 0 Å². The summed E-state index contributed by atoms with van der Waals surface area (Å²) in [5.41, 5.74) is -0.113. The molecular formula is C19H29F3N4O2. The molecule has 3 saturated heterocycles. The molecule has 0 aromatic carbocycles. The third kappa shape index (κ3) is 4.09. The number of urea groups is 1. The van der Waals surface area contributed by atoms with E-state index < -0.39 is 12.1 Å². The number of hydrogen-bond donors (Lipinski definition) is 2. The highest BCUT2D eigenvalue weighted by Crippen LogP contribution is 2.38. The Balaban J connectivity index is 1.20. The van der Waals surface area contributed by atoms with Crippen molar-refractivity contribution in [2.75, 3.05) is 32.7 Å². The minimum Gasteiger partial charge on any atom is -0.355 e. The summed E-state index contributed by atoms with van der Waals surface area (Å²) < 4.78 is 38.4. The third-order valence-electron chi connectivity index (χ3n) is 7.09. The molecule has 1 aliphatic carbocycles. The number of nitrogens with one attached hydrogen (secondary N) is 2. The van der Waals surface area contributed by atoms with Crippen molar-refractivity contribution in [3.63, 3.8) is 0 Å². The van der Waals surface area contributed by atoms with Crippen molar-refractivity contribution in [2.45, 2.75) is 63.2 Å². The van der Waals surface area contributed by atoms with E-state index in [0.717, 1.165) is 25.7 Å². The van der Waals surface area contributed by atoms with E-state index >= 15 is 0 Å². The molecule has 0 aromatic rings. The lowest BCUT2D eigenvalue weighted by Crippen LogP contribution is -2.59. The fourth-order valence-corrected chi connectivity index (χ4v) is 5.28. The maximum Gasteiger partial charge on any atom is 0.391 e. The molecule has 6 nitrogen and oxygen atoms in total. The van der Waals surface area contributed by atoms with Crippen LogP contribution in [0.5, 0.6) is 0 Å². The lowest BCUT2D eigenvalue weighted by atomic mass is 9.79. The molecule has 1 saturated carbocycles. The largest absolute Gasteiger partial charge is 0.391 e. The topological polar surface area (TPSA) is 64.7 Å². The quantitative estimate of drug-likeness (QED) is 0.744. The van der Waals surface area contributed by atoms with Crippen LogP contribution in [-0.4, -0.2) is 72.7 Å². The first kappa shape index (κ1) is 19.8. The lowest BCUT2D eigenvalue weighted by molar-refractivity contribution is -0.187. The Morgan fingerprint density at radius 3 is 2.50 bits per heavy atom. The summed E-state index contributed by atoms with van der Waals surface area (Å²) in [4.78, 5) is 28.2. The average molecular weight is 402 g/mol. The molecule has 1 spiro atoms. The monoisotopic (exact) mass is 402 g/mol. The number of rotatable bonds is 2. The molecule has 3 aliphatic heterocycles. The summed E-state index contributed by atoms with van der Waals surface area (Å²) in [6.07, 6.45) is 0.268. The molecule has 2 N–H and O–H groups in total. The van der Waals surface area contributed by atoms with Crippen LogP contribution in [0.3, 0.4) is 0 Å². The molecule has 28 heavy (non-hydrogen) atoms. The van der Waals surface area contributed by atoms with E-state index in [-0.39, 0.29) is 42.3 Å². The van der Waals surface area contributed by atoms with E-state index in [1.807, 2.05) is 4.90 Å². The van der Waals surface area contributed by atoms with Crippen LogP contribution in [0.2, 0.25) is 0 Å². The standard InChI is InChI=1S/C19H29F3N4O2/c20-19(21,22)13-2-6-25(7-3-13)15-8-14(9-15)24-17(28)26-5-1-4-18(12-26)10-16(27)23-11-18/h13-15H,1-12H2,(H,23,27)(H,24,28). The van der Waals surface area contributed by atoms with Crippen molar-refractivity contribution < 1.29 is 22.8 Å². The highest BCUT2D eigenvalue weighted by Gasteiger charge is 2.45. The van der Waals surface area contributed by atoms with Crippen molar-refractivity contribution in [3.8, 4) is 0 Å². The maximum atomic E-state index is 12.8. The van der Waals surface area contributed by atoms with Crippen LogP contribution < -0.4 is 10.6 Å². The van der Waals surface area contributed by atoms with Gasteiger partial charge in [-0.25, -0.2) is 4.79 Å². The molecule has 1 atom stereocenters. The second kappa shape index (κ2) is 7.39. The van der Waals surface area contributed by atoms with Gasteiger partial charge < -0.3 is 20.4 Å². The number of hydrogen-bond acceptors (Lipinski definition) is 3. The Morgan fingerprint density at radius 2 is 1.89 bits per heavy atom. The summed E-state index contributed by atoms with van der Waals surface area (Å²) in [6, 6.07) is 0.306. The zero-order chi connectivity index (χ0) is 19.9. The van der Waals surface area contributed by atoms with E-state index in [1.54, 1.807) is 0 Å². The molecule has 158 valence electrons. The molecule has 0 bridgehead atoms. The van der Waals surface area contributed by atoms with Gasteiger partial charge >= 0.3 is 12.2 Å². The van der Waals surface area contributed by atoms with Crippen LogP contribution >= 0.6 is 0 Å². The first-order valence-corrected chi connectivity index (χ1v) is 10.4. The molecule has 0 aromatic heterocycles. The summed E-state index contributed by atoms with van der Waals surface area (Å²) >= 11 is 0. The van der Waals surface area contributed by atoms with Crippen molar-refractivity contribution in [3.05, 3.63) is 0 Å². The molecule has 0 radical (unpaired) electrons. The zero-order valence-corrected chi connectivity index (χ0v) is 16.1. The summed E-state index contributed by atoms with van der Waals surface area (Å²) in [5, 5.41) is 5.96. The molecule has 4 aliphatic rings. The number of nitrogens with zero attached hydrogens (tertiary/aromatic N) is 2. The second-order valence-electron chi connectivity index (χ2n) is 9.10. The first-order chi connectivity index (χ1) is 13.2. The number of likely N-dealkylation sites (tertiary alicyclic amines) is 2. The van der Waals surface area contributed by atoms with Crippen molar-refractivity contribution in [2.24, 2.45) is 11.3 Å². The molecular weight excluding hydrogens is 373 g/mol. The Labute approximate surface area is 163 Å². The SMILES string of the molecule is O=C1CC2(CCCN(C(=O)NC3CC(N4CCC(C(F)(F)F)CC4)C3)C2)CN1. The number of halogens is 3. The third-order valence-corrected chi connectivity index (χ3v) is 7.09. The molecule has 9 heteroatoms. The number of carbonyl (C=O) groups is 2. The van der Waals surface area contributed by atoms with E-state index in [9.17, 15) is 22.8 Å². The fourth-order valence-electron chi connectivity index (χ4n) is 5.28. The van der Waals surface area contributed by atoms with Gasteiger partial charge in [0.15, 0.2) is 0 Å². The summed E-state index contributed by atoms with van der Waals surface area (Å²) in [5.74, 6) is -1.10. The predicted molar refractivity (Wildman–Crippen MR) is 96.6 cm³/mol. The van der Waals surface area contributed by atoms with Gasteiger partial charge in [-0.05, 0) is 51.6 Å². The molecule has 3 amide bonds. The van der Waals surface area contributed by atoms with Gasteiger partial charge in [0.1, 0.15) is 0 Å². The smallest absolute Gasteiger partial charge is 0.355 e. The highest BCUT2D eigenvalue weighted by atomic mass is 19.4. The first-order valence-electron chi connectivity index (χ1n) is 10.4. The van der Waals surface area contributed by atoms with Crippen molar-refractivity contribution >= 4 is 11.9 Å². The number of carbonyl (C=O) groups excluding carboxylic acids is 2. The molecule has 1 unspecified atom stereocenters. The Morgan fingerprint density at radius 1 is 1.18 bits per heavy atom. The van der Waals surface area contributed by atoms with Gasteiger partial charge in [0.2, 0.25) is 5.91 Å². The van der Waals surface area contributed by atoms with E-state index in [0.29, 0.717) is 39.1 Å². The van der Waals surface area contributed by atoms with E-state index in [1.165, 1.54) is 0 Å². The van der Waals surface area contributed by atoms with Crippen LogP contribution in [0.4, 0.5) is 18.0 Å². The van der Waals surface area contributed by atoms with E-state index in [2.05, 4.69) is 15.5 Å². The van der Waals surface area contributed by atoms with Crippen LogP contribution in [-0.2, 0) is 4.79 Å². The zero-order valence-electron chi connectivity index (χ0n) is 16.1. The van der Waals surface area contributed by atoms with E-state index in [4.69, 9.17) is 0 Å². The van der Waals surface area contributed by atoms with Gasteiger partial charge in [0, 0.05) is 43.6 Å². The second-order valence-corrected chi connectivity index (χ2v) is 9.10. The minimum absolute atomic E-state index is 0.0680. The summed E-state index contributed by atoms with van der Waals surface area (Å²) in [6.45, 7) is 2.95. The number of amides is 3. The lowest BCUT2D eigenvalue weighted by Gasteiger charge is -2.47. The highest BCUT2D eigenvalue weighted by molar-refractivity contribution is 5.80. The number of alkyl halides is 3. The Hall–Kier alpha value is -1.51. The van der Waals surface area contributed by atoms with Crippen LogP contribution in [0.1, 0.15) is 44.9 Å². The molecule has 4 fully saturated rings. The Kier molecular flexibility index (Phi) is 5.22. The van der Waals surface area contributed by atoms with Crippen LogP contribution in [0.25, 0.3) is 0 Å². The molecule has 3 heterocycles. The summed E-state index contributed by atoms with van der Waals surface area (Å²) in [7, 11) is 0. The van der Waals surface area contributed by atoms with Crippen LogP contribution in [0.15, 0.2) is 0 Å². The molecule has 4 rings (SSSR count). The predicted octanol–water partition coefficient (Wildman–Crippen LogP) is 2.10. The normalized spacial score (nSPS) is 35.0. The van der Waals surface area contributed by atoms with Gasteiger partial charge in [-0.1, -0.05) is 0 Å². The Bertz CT molecular complexity index is 615. The van der Waals surface area contributed by atoms with Gasteiger partial charge in [-0.2, -0.15) is 13.2 Å². The van der Waals surface area contributed by atoms with Gasteiger partial charge in [-0.3, -0.25) is 4.79 Å². The van der Waals surface area contributed by atoms with Gasteiger partial charge in [-0.15, -0.1) is 0 Å². The van der Waals surface area contributed by atoms with Crippen molar-refractivity contribution in [1.29, 1.82) is 0 Å². The average Bonchev–Trinajstić information content (AvgIpc) is 2.97. The number of piperidine rings is 2.